The quantitative estimate of drug-likeness (QED) is 0.756. The molecule has 2 rings (SSSR count). The lowest BCUT2D eigenvalue weighted by Crippen LogP contribution is -2.30. The molecule has 2 aromatic carbocycles. The topological polar surface area (TPSA) is 78.1 Å². The molecule has 26 heavy (non-hydrogen) atoms. The molecule has 0 aromatic heterocycles. The Morgan fingerprint density at radius 1 is 0.846 bits per heavy atom. The SMILES string of the molecule is COc1ccc(NC(=O)NCCc2ccc(OC)c(OC)c2)c(OC)c1. The molecule has 0 spiro atoms. The number of hydrogen-bond donors (Lipinski definition) is 2. The van der Waals surface area contributed by atoms with Crippen LogP contribution in [0, 0.1) is 0 Å². The van der Waals surface area contributed by atoms with Crippen molar-refractivity contribution in [2.24, 2.45) is 0 Å². The summed E-state index contributed by atoms with van der Waals surface area (Å²) in [5.41, 5.74) is 1.60. The van der Waals surface area contributed by atoms with E-state index >= 15 is 0 Å². The molecular formula is C19H24N2O5. The van der Waals surface area contributed by atoms with Crippen molar-refractivity contribution in [1.82, 2.24) is 5.32 Å². The molecule has 0 aliphatic rings. The summed E-state index contributed by atoms with van der Waals surface area (Å²) in [6, 6.07) is 10.6. The van der Waals surface area contributed by atoms with Gasteiger partial charge in [0.1, 0.15) is 11.5 Å². The molecule has 2 N–H and O–H groups in total. The smallest absolute Gasteiger partial charge is 0.319 e. The van der Waals surface area contributed by atoms with Crippen molar-refractivity contribution >= 4 is 11.7 Å². The van der Waals surface area contributed by atoms with Crippen LogP contribution < -0.4 is 29.6 Å². The number of nitrogens with one attached hydrogen (secondary N) is 2. The summed E-state index contributed by atoms with van der Waals surface area (Å²) in [7, 11) is 6.30. The Bertz CT molecular complexity index is 749. The maximum atomic E-state index is 12.1. The van der Waals surface area contributed by atoms with Gasteiger partial charge in [-0.25, -0.2) is 4.79 Å². The lowest BCUT2D eigenvalue weighted by atomic mass is 10.1. The van der Waals surface area contributed by atoms with Gasteiger partial charge in [0.2, 0.25) is 0 Å². The molecule has 0 aliphatic carbocycles. The van der Waals surface area contributed by atoms with Gasteiger partial charge < -0.3 is 29.6 Å². The van der Waals surface area contributed by atoms with E-state index in [0.717, 1.165) is 5.56 Å². The molecule has 2 aromatic rings. The summed E-state index contributed by atoms with van der Waals surface area (Å²) in [6.07, 6.45) is 0.660. The molecule has 0 unspecified atom stereocenters. The summed E-state index contributed by atoms with van der Waals surface area (Å²) in [5.74, 6) is 2.52. The third-order valence-corrected chi connectivity index (χ3v) is 3.80. The number of benzene rings is 2. The van der Waals surface area contributed by atoms with E-state index in [2.05, 4.69) is 10.6 Å². The van der Waals surface area contributed by atoms with Crippen LogP contribution >= 0.6 is 0 Å². The second kappa shape index (κ2) is 9.41. The van der Waals surface area contributed by atoms with Gasteiger partial charge in [0.25, 0.3) is 0 Å². The highest BCUT2D eigenvalue weighted by Crippen LogP contribution is 2.29. The molecule has 7 nitrogen and oxygen atoms in total. The van der Waals surface area contributed by atoms with Gasteiger partial charge in [0.15, 0.2) is 11.5 Å². The number of rotatable bonds is 8. The predicted octanol–water partition coefficient (Wildman–Crippen LogP) is 3.09. The molecule has 0 aliphatic heterocycles. The maximum Gasteiger partial charge on any atom is 0.319 e. The molecule has 7 heteroatoms. The number of ether oxygens (including phenoxy) is 4. The highest BCUT2D eigenvalue weighted by Gasteiger charge is 2.09. The Balaban J connectivity index is 1.89. The van der Waals surface area contributed by atoms with Crippen LogP contribution in [0.2, 0.25) is 0 Å². The van der Waals surface area contributed by atoms with Crippen LogP contribution in [0.15, 0.2) is 36.4 Å². The third-order valence-electron chi connectivity index (χ3n) is 3.80. The van der Waals surface area contributed by atoms with E-state index in [-0.39, 0.29) is 6.03 Å². The lowest BCUT2D eigenvalue weighted by molar-refractivity contribution is 0.252. The van der Waals surface area contributed by atoms with Gasteiger partial charge in [0.05, 0.1) is 34.1 Å². The predicted molar refractivity (Wildman–Crippen MR) is 99.8 cm³/mol. The number of hydrogen-bond acceptors (Lipinski definition) is 5. The van der Waals surface area contributed by atoms with Crippen molar-refractivity contribution in [3.05, 3.63) is 42.0 Å². The van der Waals surface area contributed by atoms with Crippen LogP contribution in [-0.2, 0) is 6.42 Å². The first-order valence-corrected chi connectivity index (χ1v) is 8.09. The summed E-state index contributed by atoms with van der Waals surface area (Å²) in [4.78, 5) is 12.1. The number of methoxy groups -OCH3 is 4. The third kappa shape index (κ3) is 4.95. The van der Waals surface area contributed by atoms with Crippen molar-refractivity contribution in [3.8, 4) is 23.0 Å². The standard InChI is InChI=1S/C19H24N2O5/c1-23-14-6-7-15(17(12-14)25-3)21-19(22)20-10-9-13-5-8-16(24-2)18(11-13)26-4/h5-8,11-12H,9-10H2,1-4H3,(H2,20,21,22). The Hall–Kier alpha value is -3.09. The van der Waals surface area contributed by atoms with E-state index in [1.54, 1.807) is 39.5 Å². The zero-order valence-corrected chi connectivity index (χ0v) is 15.4. The molecule has 0 radical (unpaired) electrons. The molecule has 0 saturated heterocycles. The first-order valence-electron chi connectivity index (χ1n) is 8.09. The number of amides is 2. The number of carbonyl (C=O) groups is 1. The Labute approximate surface area is 153 Å². The first-order chi connectivity index (χ1) is 12.6. The molecule has 0 fully saturated rings. The van der Waals surface area contributed by atoms with E-state index in [4.69, 9.17) is 18.9 Å². The Morgan fingerprint density at radius 3 is 2.23 bits per heavy atom. The minimum atomic E-state index is -0.311. The molecule has 0 saturated carbocycles. The summed E-state index contributed by atoms with van der Waals surface area (Å²) >= 11 is 0. The van der Waals surface area contributed by atoms with Crippen LogP contribution in [0.3, 0.4) is 0 Å². The summed E-state index contributed by atoms with van der Waals surface area (Å²) in [6.45, 7) is 0.472. The number of urea groups is 1. The fraction of sp³-hybridized carbons (Fsp3) is 0.316. The molecule has 0 heterocycles. The van der Waals surface area contributed by atoms with Gasteiger partial charge in [-0.15, -0.1) is 0 Å². The van der Waals surface area contributed by atoms with Gasteiger partial charge in [-0.1, -0.05) is 6.07 Å². The van der Waals surface area contributed by atoms with E-state index in [1.165, 1.54) is 7.11 Å². The molecule has 140 valence electrons. The zero-order valence-electron chi connectivity index (χ0n) is 15.4. The highest BCUT2D eigenvalue weighted by molar-refractivity contribution is 5.91. The van der Waals surface area contributed by atoms with Gasteiger partial charge in [-0.3, -0.25) is 0 Å². The Kier molecular flexibility index (Phi) is 6.96. The van der Waals surface area contributed by atoms with Crippen molar-refractivity contribution in [3.63, 3.8) is 0 Å². The molecule has 0 atom stereocenters. The number of anilines is 1. The van der Waals surface area contributed by atoms with Crippen LogP contribution in [-0.4, -0.2) is 41.0 Å². The van der Waals surface area contributed by atoms with Crippen molar-refractivity contribution in [1.29, 1.82) is 0 Å². The second-order valence-corrected chi connectivity index (χ2v) is 5.39. The minimum absolute atomic E-state index is 0.311. The molecule has 0 bridgehead atoms. The van der Waals surface area contributed by atoms with E-state index in [1.807, 2.05) is 18.2 Å². The van der Waals surface area contributed by atoms with Crippen LogP contribution in [0.4, 0.5) is 10.5 Å². The van der Waals surface area contributed by atoms with Crippen molar-refractivity contribution < 1.29 is 23.7 Å². The van der Waals surface area contributed by atoms with Crippen LogP contribution in [0.5, 0.6) is 23.0 Å². The van der Waals surface area contributed by atoms with Crippen LogP contribution in [0.25, 0.3) is 0 Å². The van der Waals surface area contributed by atoms with E-state index in [0.29, 0.717) is 41.7 Å². The van der Waals surface area contributed by atoms with Crippen molar-refractivity contribution in [2.45, 2.75) is 6.42 Å². The summed E-state index contributed by atoms with van der Waals surface area (Å²) < 4.78 is 20.9. The monoisotopic (exact) mass is 360 g/mol. The van der Waals surface area contributed by atoms with Gasteiger partial charge >= 0.3 is 6.03 Å². The Morgan fingerprint density at radius 2 is 1.58 bits per heavy atom. The van der Waals surface area contributed by atoms with E-state index < -0.39 is 0 Å². The largest absolute Gasteiger partial charge is 0.497 e. The average molecular weight is 360 g/mol. The normalized spacial score (nSPS) is 10.0. The minimum Gasteiger partial charge on any atom is -0.497 e. The van der Waals surface area contributed by atoms with E-state index in [9.17, 15) is 4.79 Å². The van der Waals surface area contributed by atoms with Crippen LogP contribution in [0.1, 0.15) is 5.56 Å². The van der Waals surface area contributed by atoms with Gasteiger partial charge in [-0.2, -0.15) is 0 Å². The fourth-order valence-corrected chi connectivity index (χ4v) is 2.42. The van der Waals surface area contributed by atoms with Gasteiger partial charge in [0, 0.05) is 12.6 Å². The average Bonchev–Trinajstić information content (AvgIpc) is 2.68. The molecule has 2 amide bonds. The fourth-order valence-electron chi connectivity index (χ4n) is 2.42. The second-order valence-electron chi connectivity index (χ2n) is 5.39. The molecular weight excluding hydrogens is 336 g/mol. The zero-order chi connectivity index (χ0) is 18.9. The van der Waals surface area contributed by atoms with Gasteiger partial charge in [-0.05, 0) is 36.2 Å². The number of carbonyl (C=O) groups excluding carboxylic acids is 1. The van der Waals surface area contributed by atoms with Crippen molar-refractivity contribution in [2.75, 3.05) is 40.3 Å². The maximum absolute atomic E-state index is 12.1. The summed E-state index contributed by atoms with van der Waals surface area (Å²) in [5, 5.41) is 5.58. The lowest BCUT2D eigenvalue weighted by Gasteiger charge is -2.13. The highest BCUT2D eigenvalue weighted by atomic mass is 16.5. The first kappa shape index (κ1) is 19.2.